The van der Waals surface area contributed by atoms with Gasteiger partial charge < -0.3 is 5.32 Å². The molecule has 1 aromatic carbocycles. The topological polar surface area (TPSA) is 50.7 Å². The third-order valence-electron chi connectivity index (χ3n) is 2.25. The molecule has 1 aromatic heterocycles. The van der Waals surface area contributed by atoms with Crippen LogP contribution in [-0.4, -0.2) is 28.8 Å². The smallest absolute Gasteiger partial charge is 0.152 e. The first-order chi connectivity index (χ1) is 7.29. The number of likely N-dealkylation sites (N-methyl/N-ethyl adjacent to an activating group) is 1. The van der Waals surface area contributed by atoms with Crippen molar-refractivity contribution in [1.29, 1.82) is 0 Å². The molecule has 2 aromatic rings. The average molecular weight is 202 g/mol. The van der Waals surface area contributed by atoms with Gasteiger partial charge in [0.2, 0.25) is 0 Å². The quantitative estimate of drug-likeness (QED) is 0.809. The molecule has 0 unspecified atom stereocenters. The number of rotatable bonds is 3. The minimum absolute atomic E-state index is 0.794. The molecule has 1 heterocycles. The fourth-order valence-electron chi connectivity index (χ4n) is 1.42. The van der Waals surface area contributed by atoms with E-state index in [0.717, 1.165) is 29.8 Å². The van der Waals surface area contributed by atoms with Crippen molar-refractivity contribution in [3.8, 4) is 0 Å². The molecule has 4 heteroatoms. The van der Waals surface area contributed by atoms with Gasteiger partial charge in [-0.2, -0.15) is 0 Å². The maximum Gasteiger partial charge on any atom is 0.152 e. The van der Waals surface area contributed by atoms with Gasteiger partial charge in [-0.25, -0.2) is 4.98 Å². The number of aromatic nitrogens is 3. The lowest BCUT2D eigenvalue weighted by atomic mass is 10.2. The first-order valence-corrected chi connectivity index (χ1v) is 5.04. The molecule has 0 spiro atoms. The van der Waals surface area contributed by atoms with Gasteiger partial charge in [0.05, 0.1) is 5.52 Å². The Morgan fingerprint density at radius 1 is 1.20 bits per heavy atom. The Kier molecular flexibility index (Phi) is 2.87. The average Bonchev–Trinajstić information content (AvgIpc) is 2.25. The molecule has 0 radical (unpaired) electrons. The summed E-state index contributed by atoms with van der Waals surface area (Å²) in [7, 11) is 1.92. The molecule has 0 fully saturated rings. The van der Waals surface area contributed by atoms with Crippen molar-refractivity contribution >= 4 is 11.0 Å². The first kappa shape index (κ1) is 9.98. The Balaban J connectivity index is 2.36. The fraction of sp³-hybridized carbons (Fsp3) is 0.364. The van der Waals surface area contributed by atoms with Crippen molar-refractivity contribution in [2.45, 2.75) is 13.3 Å². The second kappa shape index (κ2) is 4.31. The lowest BCUT2D eigenvalue weighted by molar-refractivity contribution is 0.743. The zero-order valence-corrected chi connectivity index (χ0v) is 8.99. The molecule has 15 heavy (non-hydrogen) atoms. The van der Waals surface area contributed by atoms with E-state index in [1.807, 2.05) is 25.2 Å². The van der Waals surface area contributed by atoms with E-state index in [2.05, 4.69) is 27.4 Å². The zero-order valence-electron chi connectivity index (χ0n) is 8.99. The molecule has 0 aliphatic heterocycles. The maximum absolute atomic E-state index is 4.46. The van der Waals surface area contributed by atoms with Gasteiger partial charge in [-0.05, 0) is 31.7 Å². The van der Waals surface area contributed by atoms with Crippen molar-refractivity contribution in [2.75, 3.05) is 13.6 Å². The summed E-state index contributed by atoms with van der Waals surface area (Å²) in [5, 5.41) is 11.3. The summed E-state index contributed by atoms with van der Waals surface area (Å²) < 4.78 is 0. The third-order valence-corrected chi connectivity index (χ3v) is 2.25. The van der Waals surface area contributed by atoms with Crippen LogP contribution in [0, 0.1) is 6.92 Å². The van der Waals surface area contributed by atoms with Gasteiger partial charge in [-0.15, -0.1) is 10.2 Å². The molecule has 78 valence electrons. The summed E-state index contributed by atoms with van der Waals surface area (Å²) in [4.78, 5) is 4.46. The Labute approximate surface area is 88.8 Å². The number of benzene rings is 1. The summed E-state index contributed by atoms with van der Waals surface area (Å²) in [6.45, 7) is 2.92. The van der Waals surface area contributed by atoms with Crippen LogP contribution < -0.4 is 5.32 Å². The molecular formula is C11H14N4. The van der Waals surface area contributed by atoms with Crippen molar-refractivity contribution in [1.82, 2.24) is 20.5 Å². The van der Waals surface area contributed by atoms with Crippen molar-refractivity contribution in [3.05, 3.63) is 29.6 Å². The Morgan fingerprint density at radius 2 is 2.07 bits per heavy atom. The third kappa shape index (κ3) is 2.27. The monoisotopic (exact) mass is 202 g/mol. The number of hydrogen-bond acceptors (Lipinski definition) is 4. The lowest BCUT2D eigenvalue weighted by Crippen LogP contribution is -2.12. The SMILES string of the molecule is CNCCc1nnc2ccc(C)cc2n1. The van der Waals surface area contributed by atoms with Crippen LogP contribution >= 0.6 is 0 Å². The van der Waals surface area contributed by atoms with E-state index < -0.39 is 0 Å². The Morgan fingerprint density at radius 3 is 2.87 bits per heavy atom. The van der Waals surface area contributed by atoms with Crippen molar-refractivity contribution in [3.63, 3.8) is 0 Å². The predicted octanol–water partition coefficient (Wildman–Crippen LogP) is 1.10. The molecule has 4 nitrogen and oxygen atoms in total. The highest BCUT2D eigenvalue weighted by molar-refractivity contribution is 5.74. The highest BCUT2D eigenvalue weighted by Gasteiger charge is 2.01. The molecule has 0 atom stereocenters. The molecule has 2 rings (SSSR count). The molecule has 0 aliphatic rings. The van der Waals surface area contributed by atoms with Crippen LogP contribution in [0.2, 0.25) is 0 Å². The zero-order chi connectivity index (χ0) is 10.7. The summed E-state index contributed by atoms with van der Waals surface area (Å²) in [5.41, 5.74) is 2.98. The van der Waals surface area contributed by atoms with E-state index >= 15 is 0 Å². The molecule has 0 saturated heterocycles. The maximum atomic E-state index is 4.46. The second-order valence-corrected chi connectivity index (χ2v) is 3.57. The van der Waals surface area contributed by atoms with Gasteiger partial charge in [0.15, 0.2) is 5.82 Å². The number of nitrogens with zero attached hydrogens (tertiary/aromatic N) is 3. The van der Waals surface area contributed by atoms with Gasteiger partial charge >= 0.3 is 0 Å². The lowest BCUT2D eigenvalue weighted by Gasteiger charge is -2.01. The van der Waals surface area contributed by atoms with E-state index in [4.69, 9.17) is 0 Å². The number of fused-ring (bicyclic) bond motifs is 1. The van der Waals surface area contributed by atoms with Gasteiger partial charge in [-0.3, -0.25) is 0 Å². The number of aryl methyl sites for hydroxylation is 1. The van der Waals surface area contributed by atoms with E-state index in [0.29, 0.717) is 0 Å². The summed E-state index contributed by atoms with van der Waals surface area (Å²) in [6, 6.07) is 6.01. The highest BCUT2D eigenvalue weighted by Crippen LogP contribution is 2.10. The first-order valence-electron chi connectivity index (χ1n) is 5.04. The summed E-state index contributed by atoms with van der Waals surface area (Å²) in [5.74, 6) is 0.794. The summed E-state index contributed by atoms with van der Waals surface area (Å²) in [6.07, 6.45) is 0.813. The van der Waals surface area contributed by atoms with E-state index in [1.54, 1.807) is 0 Å². The van der Waals surface area contributed by atoms with Crippen LogP contribution in [0.5, 0.6) is 0 Å². The molecule has 0 saturated carbocycles. The fourth-order valence-corrected chi connectivity index (χ4v) is 1.42. The second-order valence-electron chi connectivity index (χ2n) is 3.57. The standard InChI is InChI=1S/C11H14N4/c1-8-3-4-9-10(7-8)13-11(15-14-9)5-6-12-2/h3-4,7,12H,5-6H2,1-2H3. The van der Waals surface area contributed by atoms with Gasteiger partial charge in [0, 0.05) is 13.0 Å². The molecule has 0 aliphatic carbocycles. The highest BCUT2D eigenvalue weighted by atomic mass is 15.1. The minimum Gasteiger partial charge on any atom is -0.319 e. The predicted molar refractivity (Wildman–Crippen MR) is 59.7 cm³/mol. The van der Waals surface area contributed by atoms with Crippen LogP contribution in [0.1, 0.15) is 11.4 Å². The van der Waals surface area contributed by atoms with Gasteiger partial charge in [-0.1, -0.05) is 6.07 Å². The van der Waals surface area contributed by atoms with Gasteiger partial charge in [0.25, 0.3) is 0 Å². The van der Waals surface area contributed by atoms with Crippen LogP contribution in [0.25, 0.3) is 11.0 Å². The van der Waals surface area contributed by atoms with Crippen LogP contribution in [0.15, 0.2) is 18.2 Å². The number of hydrogen-bond donors (Lipinski definition) is 1. The minimum atomic E-state index is 0.794. The van der Waals surface area contributed by atoms with E-state index in [9.17, 15) is 0 Å². The van der Waals surface area contributed by atoms with E-state index in [1.165, 1.54) is 5.56 Å². The van der Waals surface area contributed by atoms with Crippen LogP contribution in [0.4, 0.5) is 0 Å². The molecular weight excluding hydrogens is 188 g/mol. The van der Waals surface area contributed by atoms with Gasteiger partial charge in [0.1, 0.15) is 5.52 Å². The van der Waals surface area contributed by atoms with Crippen LogP contribution in [0.3, 0.4) is 0 Å². The molecule has 1 N–H and O–H groups in total. The van der Waals surface area contributed by atoms with E-state index in [-0.39, 0.29) is 0 Å². The normalized spacial score (nSPS) is 10.8. The largest absolute Gasteiger partial charge is 0.319 e. The summed E-state index contributed by atoms with van der Waals surface area (Å²) >= 11 is 0. The molecule has 0 amide bonds. The number of nitrogens with one attached hydrogen (secondary N) is 1. The molecule has 0 bridgehead atoms. The Bertz CT molecular complexity index is 467. The Hall–Kier alpha value is -1.55. The van der Waals surface area contributed by atoms with Crippen molar-refractivity contribution < 1.29 is 0 Å². The van der Waals surface area contributed by atoms with Crippen molar-refractivity contribution in [2.24, 2.45) is 0 Å². The van der Waals surface area contributed by atoms with Crippen LogP contribution in [-0.2, 0) is 6.42 Å².